The summed E-state index contributed by atoms with van der Waals surface area (Å²) in [6.45, 7) is 2.53. The standard InChI is InChI=1S/C25H23BrN2O2/c1-2-3-4-17-5-6-19-16-28(25(29)23(19)13-17)20-8-11-21(12-9-20)30-22-10-7-18(15-27)24(26)14-22/h5-7,10,13-14,20-21H,4,8-9,11-12,16H2,1H3. The quantitative estimate of drug-likeness (QED) is 0.584. The van der Waals surface area contributed by atoms with Crippen LogP contribution in [0.25, 0.3) is 0 Å². The predicted octanol–water partition coefficient (Wildman–Crippen LogP) is 5.23. The molecule has 1 aliphatic carbocycles. The summed E-state index contributed by atoms with van der Waals surface area (Å²) >= 11 is 3.41. The summed E-state index contributed by atoms with van der Waals surface area (Å²) in [6, 6.07) is 14.0. The summed E-state index contributed by atoms with van der Waals surface area (Å²) in [5.41, 5.74) is 3.66. The minimum atomic E-state index is 0.139. The van der Waals surface area contributed by atoms with Crippen LogP contribution in [0.1, 0.15) is 59.7 Å². The number of carbonyl (C=O) groups is 1. The third-order valence-corrected chi connectivity index (χ3v) is 6.58. The van der Waals surface area contributed by atoms with Gasteiger partial charge in [-0.1, -0.05) is 18.1 Å². The Morgan fingerprint density at radius 2 is 1.97 bits per heavy atom. The average Bonchev–Trinajstić information content (AvgIpc) is 3.09. The van der Waals surface area contributed by atoms with Crippen LogP contribution in [0.2, 0.25) is 0 Å². The van der Waals surface area contributed by atoms with Crippen LogP contribution < -0.4 is 4.74 Å². The minimum absolute atomic E-state index is 0.139. The highest BCUT2D eigenvalue weighted by Gasteiger charge is 2.35. The van der Waals surface area contributed by atoms with E-state index in [9.17, 15) is 4.79 Å². The number of rotatable bonds is 4. The topological polar surface area (TPSA) is 53.3 Å². The van der Waals surface area contributed by atoms with E-state index in [-0.39, 0.29) is 18.1 Å². The molecule has 0 N–H and O–H groups in total. The third kappa shape index (κ3) is 4.23. The van der Waals surface area contributed by atoms with Gasteiger partial charge in [-0.2, -0.15) is 5.26 Å². The number of nitrogens with zero attached hydrogens (tertiary/aromatic N) is 2. The van der Waals surface area contributed by atoms with E-state index in [0.29, 0.717) is 18.5 Å². The molecule has 0 bridgehead atoms. The monoisotopic (exact) mass is 462 g/mol. The largest absolute Gasteiger partial charge is 0.490 e. The molecule has 0 radical (unpaired) electrons. The van der Waals surface area contributed by atoms with Crippen molar-refractivity contribution in [2.75, 3.05) is 0 Å². The molecule has 1 fully saturated rings. The Hall–Kier alpha value is -2.76. The first-order valence-corrected chi connectivity index (χ1v) is 11.1. The summed E-state index contributed by atoms with van der Waals surface area (Å²) in [4.78, 5) is 15.1. The number of amides is 1. The highest BCUT2D eigenvalue weighted by molar-refractivity contribution is 9.10. The number of halogens is 1. The first-order chi connectivity index (χ1) is 14.6. The van der Waals surface area contributed by atoms with Gasteiger partial charge in [0.05, 0.1) is 11.7 Å². The van der Waals surface area contributed by atoms with Gasteiger partial charge in [0.15, 0.2) is 0 Å². The zero-order valence-corrected chi connectivity index (χ0v) is 18.5. The van der Waals surface area contributed by atoms with Crippen molar-refractivity contribution < 1.29 is 9.53 Å². The Kier molecular flexibility index (Phi) is 6.11. The first kappa shape index (κ1) is 20.5. The van der Waals surface area contributed by atoms with Gasteiger partial charge in [-0.3, -0.25) is 4.79 Å². The van der Waals surface area contributed by atoms with Gasteiger partial charge in [0.25, 0.3) is 5.91 Å². The zero-order valence-electron chi connectivity index (χ0n) is 17.0. The molecule has 5 heteroatoms. The molecular weight excluding hydrogens is 440 g/mol. The summed E-state index contributed by atoms with van der Waals surface area (Å²) in [6.07, 6.45) is 4.54. The molecule has 0 spiro atoms. The molecular formula is C25H23BrN2O2. The highest BCUT2D eigenvalue weighted by Crippen LogP contribution is 2.33. The number of hydrogen-bond acceptors (Lipinski definition) is 3. The third-order valence-electron chi connectivity index (χ3n) is 5.92. The highest BCUT2D eigenvalue weighted by atomic mass is 79.9. The number of benzene rings is 2. The number of hydrogen-bond donors (Lipinski definition) is 0. The molecule has 4 nitrogen and oxygen atoms in total. The Morgan fingerprint density at radius 1 is 1.17 bits per heavy atom. The molecule has 152 valence electrons. The second-order valence-electron chi connectivity index (χ2n) is 7.83. The number of ether oxygens (including phenoxy) is 1. The van der Waals surface area contributed by atoms with E-state index in [1.54, 1.807) is 6.07 Å². The van der Waals surface area contributed by atoms with Crippen LogP contribution in [0.4, 0.5) is 0 Å². The van der Waals surface area contributed by atoms with Gasteiger partial charge in [-0.25, -0.2) is 0 Å². The summed E-state index contributed by atoms with van der Waals surface area (Å²) in [7, 11) is 0. The molecule has 2 aromatic rings. The number of carbonyl (C=O) groups excluding carboxylic acids is 1. The molecule has 1 saturated carbocycles. The van der Waals surface area contributed by atoms with Gasteiger partial charge in [-0.05, 0) is 83.9 Å². The molecule has 1 aliphatic heterocycles. The fourth-order valence-electron chi connectivity index (χ4n) is 4.29. The normalized spacial score (nSPS) is 20.2. The molecule has 0 atom stereocenters. The van der Waals surface area contributed by atoms with Gasteiger partial charge >= 0.3 is 0 Å². The van der Waals surface area contributed by atoms with Crippen molar-refractivity contribution in [2.24, 2.45) is 0 Å². The molecule has 4 rings (SSSR count). The van der Waals surface area contributed by atoms with Crippen molar-refractivity contribution in [3.8, 4) is 23.7 Å². The fourth-order valence-corrected chi connectivity index (χ4v) is 4.74. The lowest BCUT2D eigenvalue weighted by molar-refractivity contribution is 0.0561. The molecule has 30 heavy (non-hydrogen) atoms. The van der Waals surface area contributed by atoms with Crippen molar-refractivity contribution in [3.63, 3.8) is 0 Å². The van der Waals surface area contributed by atoms with E-state index in [1.165, 1.54) is 0 Å². The Morgan fingerprint density at radius 3 is 2.67 bits per heavy atom. The molecule has 2 aliphatic rings. The van der Waals surface area contributed by atoms with E-state index in [0.717, 1.165) is 52.6 Å². The predicted molar refractivity (Wildman–Crippen MR) is 119 cm³/mol. The SMILES string of the molecule is CC#CCc1ccc2c(c1)C(=O)N(C1CCC(Oc3ccc(C#N)c(Br)c3)CC1)C2. The Labute approximate surface area is 186 Å². The van der Waals surface area contributed by atoms with E-state index in [1.807, 2.05) is 30.0 Å². The summed E-state index contributed by atoms with van der Waals surface area (Å²) in [5, 5.41) is 9.04. The second kappa shape index (κ2) is 8.94. The molecule has 0 unspecified atom stereocenters. The van der Waals surface area contributed by atoms with Crippen LogP contribution in [-0.4, -0.2) is 23.0 Å². The maximum absolute atomic E-state index is 13.0. The summed E-state index contributed by atoms with van der Waals surface area (Å²) < 4.78 is 6.88. The number of nitriles is 1. The summed E-state index contributed by atoms with van der Waals surface area (Å²) in [5.74, 6) is 6.91. The van der Waals surface area contributed by atoms with Gasteiger partial charge in [-0.15, -0.1) is 5.92 Å². The molecule has 0 aromatic heterocycles. The van der Waals surface area contributed by atoms with Gasteiger partial charge in [0, 0.05) is 29.0 Å². The minimum Gasteiger partial charge on any atom is -0.490 e. The number of fused-ring (bicyclic) bond motifs is 1. The van der Waals surface area contributed by atoms with Crippen LogP contribution in [-0.2, 0) is 13.0 Å². The van der Waals surface area contributed by atoms with Crippen molar-refractivity contribution in [1.29, 1.82) is 5.26 Å². The average molecular weight is 463 g/mol. The van der Waals surface area contributed by atoms with E-state index >= 15 is 0 Å². The maximum atomic E-state index is 13.0. The smallest absolute Gasteiger partial charge is 0.254 e. The van der Waals surface area contributed by atoms with Crippen LogP contribution in [0, 0.1) is 23.2 Å². The van der Waals surface area contributed by atoms with Gasteiger partial charge < -0.3 is 9.64 Å². The molecule has 1 amide bonds. The van der Waals surface area contributed by atoms with Crippen molar-refractivity contribution in [1.82, 2.24) is 4.90 Å². The molecule has 2 aromatic carbocycles. The van der Waals surface area contributed by atoms with E-state index < -0.39 is 0 Å². The maximum Gasteiger partial charge on any atom is 0.254 e. The van der Waals surface area contributed by atoms with E-state index in [2.05, 4.69) is 46.0 Å². The van der Waals surface area contributed by atoms with Crippen LogP contribution in [0.3, 0.4) is 0 Å². The first-order valence-electron chi connectivity index (χ1n) is 10.3. The Balaban J connectivity index is 1.36. The molecule has 0 saturated heterocycles. The lowest BCUT2D eigenvalue weighted by Gasteiger charge is -2.34. The van der Waals surface area contributed by atoms with Crippen LogP contribution >= 0.6 is 15.9 Å². The van der Waals surface area contributed by atoms with E-state index in [4.69, 9.17) is 10.00 Å². The van der Waals surface area contributed by atoms with Crippen LogP contribution in [0.15, 0.2) is 40.9 Å². The van der Waals surface area contributed by atoms with Gasteiger partial charge in [0.1, 0.15) is 11.8 Å². The lowest BCUT2D eigenvalue weighted by atomic mass is 9.92. The lowest BCUT2D eigenvalue weighted by Crippen LogP contribution is -2.40. The fraction of sp³-hybridized carbons (Fsp3) is 0.360. The zero-order chi connectivity index (χ0) is 21.1. The van der Waals surface area contributed by atoms with Gasteiger partial charge in [0.2, 0.25) is 0 Å². The van der Waals surface area contributed by atoms with Crippen molar-refractivity contribution in [2.45, 2.75) is 57.7 Å². The second-order valence-corrected chi connectivity index (χ2v) is 8.68. The van der Waals surface area contributed by atoms with Crippen molar-refractivity contribution in [3.05, 3.63) is 63.1 Å². The Bertz CT molecular complexity index is 1070. The van der Waals surface area contributed by atoms with Crippen LogP contribution in [0.5, 0.6) is 5.75 Å². The molecule has 1 heterocycles. The van der Waals surface area contributed by atoms with Crippen molar-refractivity contribution >= 4 is 21.8 Å².